The molecule has 42 heavy (non-hydrogen) atoms. The molecule has 0 radical (unpaired) electrons. The molecule has 0 spiro atoms. The molecule has 4 aromatic rings. The van der Waals surface area contributed by atoms with Crippen molar-refractivity contribution in [1.29, 1.82) is 0 Å². The average Bonchev–Trinajstić information content (AvgIpc) is 3.66. The van der Waals surface area contributed by atoms with Gasteiger partial charge in [0.1, 0.15) is 18.1 Å². The lowest BCUT2D eigenvalue weighted by Gasteiger charge is -2.33. The van der Waals surface area contributed by atoms with Crippen molar-refractivity contribution in [1.82, 2.24) is 20.3 Å². The van der Waals surface area contributed by atoms with E-state index >= 15 is 0 Å². The van der Waals surface area contributed by atoms with Crippen LogP contribution in [0, 0.1) is 0 Å². The maximum absolute atomic E-state index is 14.4. The van der Waals surface area contributed by atoms with Crippen LogP contribution >= 0.6 is 0 Å². The molecule has 3 aromatic carbocycles. The zero-order chi connectivity index (χ0) is 29.1. The second-order valence-corrected chi connectivity index (χ2v) is 10.4. The summed E-state index contributed by atoms with van der Waals surface area (Å²) >= 11 is 0. The summed E-state index contributed by atoms with van der Waals surface area (Å²) in [5.74, 6) is 1.39. The number of nitrogens with one attached hydrogen (secondary N) is 1. The van der Waals surface area contributed by atoms with Crippen LogP contribution in [0.25, 0.3) is 11.0 Å². The van der Waals surface area contributed by atoms with Gasteiger partial charge >= 0.3 is 0 Å². The molecule has 1 atom stereocenters. The minimum absolute atomic E-state index is 0.0295. The Morgan fingerprint density at radius 1 is 0.976 bits per heavy atom. The van der Waals surface area contributed by atoms with Gasteiger partial charge in [0, 0.05) is 17.8 Å². The van der Waals surface area contributed by atoms with Crippen LogP contribution < -0.4 is 29.2 Å². The van der Waals surface area contributed by atoms with Crippen molar-refractivity contribution >= 4 is 28.5 Å². The molecule has 1 unspecified atom stereocenters. The van der Waals surface area contributed by atoms with Crippen molar-refractivity contribution in [3.63, 3.8) is 0 Å². The highest BCUT2D eigenvalue weighted by Crippen LogP contribution is 2.40. The van der Waals surface area contributed by atoms with Crippen LogP contribution in [0.15, 0.2) is 60.7 Å². The van der Waals surface area contributed by atoms with E-state index in [0.717, 1.165) is 32.1 Å². The number of para-hydroxylation sites is 1. The van der Waals surface area contributed by atoms with Crippen molar-refractivity contribution < 1.29 is 28.5 Å². The number of benzene rings is 3. The van der Waals surface area contributed by atoms with Gasteiger partial charge in [0.2, 0.25) is 18.6 Å². The summed E-state index contributed by atoms with van der Waals surface area (Å²) in [6, 6.07) is 16.9. The normalized spacial score (nSPS) is 15.3. The Morgan fingerprint density at radius 3 is 2.57 bits per heavy atom. The number of carbonyl (C=O) groups is 2. The SMILES string of the molecule is COc1ccc(C(C(=O)NC2CCCCC2)N(C(=O)Cn2nnc3ccccc32)c2ccc3c(c2)OCO3)cc1OC. The quantitative estimate of drug-likeness (QED) is 0.314. The Hall–Kier alpha value is -4.80. The Morgan fingerprint density at radius 2 is 1.76 bits per heavy atom. The van der Waals surface area contributed by atoms with Crippen LogP contribution in [-0.4, -0.2) is 53.9 Å². The first-order valence-corrected chi connectivity index (χ1v) is 14.1. The van der Waals surface area contributed by atoms with Gasteiger partial charge in [-0.3, -0.25) is 14.5 Å². The van der Waals surface area contributed by atoms with Crippen LogP contribution in [0.5, 0.6) is 23.0 Å². The molecule has 2 amide bonds. The first-order chi connectivity index (χ1) is 20.6. The molecule has 11 nitrogen and oxygen atoms in total. The third-order valence-electron chi connectivity index (χ3n) is 7.79. The molecule has 2 heterocycles. The summed E-state index contributed by atoms with van der Waals surface area (Å²) < 4.78 is 23.7. The van der Waals surface area contributed by atoms with Gasteiger partial charge in [-0.25, -0.2) is 4.68 Å². The maximum Gasteiger partial charge on any atom is 0.249 e. The van der Waals surface area contributed by atoms with Gasteiger partial charge in [0.15, 0.2) is 23.0 Å². The molecular weight excluding hydrogens is 538 g/mol. The first kappa shape index (κ1) is 27.4. The summed E-state index contributed by atoms with van der Waals surface area (Å²) in [6.45, 7) is -0.0611. The second-order valence-electron chi connectivity index (χ2n) is 10.4. The fraction of sp³-hybridized carbons (Fsp3) is 0.355. The van der Waals surface area contributed by atoms with Crippen LogP contribution in [0.3, 0.4) is 0 Å². The lowest BCUT2D eigenvalue weighted by Crippen LogP contribution is -2.48. The van der Waals surface area contributed by atoms with Crippen LogP contribution in [0.2, 0.25) is 0 Å². The molecule has 1 fully saturated rings. The summed E-state index contributed by atoms with van der Waals surface area (Å²) in [5, 5.41) is 11.7. The fourth-order valence-corrected chi connectivity index (χ4v) is 5.68. The van der Waals surface area contributed by atoms with Crippen LogP contribution in [0.4, 0.5) is 5.69 Å². The fourth-order valence-electron chi connectivity index (χ4n) is 5.68. The highest BCUT2D eigenvalue weighted by Gasteiger charge is 2.36. The van der Waals surface area contributed by atoms with Gasteiger partial charge in [-0.05, 0) is 54.8 Å². The number of hydrogen-bond acceptors (Lipinski definition) is 8. The molecule has 1 aromatic heterocycles. The van der Waals surface area contributed by atoms with E-state index < -0.39 is 6.04 Å². The summed E-state index contributed by atoms with van der Waals surface area (Å²) in [4.78, 5) is 30.1. The number of anilines is 1. The highest BCUT2D eigenvalue weighted by atomic mass is 16.7. The maximum atomic E-state index is 14.4. The van der Waals surface area contributed by atoms with Gasteiger partial charge < -0.3 is 24.3 Å². The molecule has 0 saturated heterocycles. The van der Waals surface area contributed by atoms with E-state index in [1.165, 1.54) is 12.0 Å². The summed E-state index contributed by atoms with van der Waals surface area (Å²) in [7, 11) is 3.09. The Kier molecular flexibility index (Phi) is 7.81. The van der Waals surface area contributed by atoms with Gasteiger partial charge in [-0.2, -0.15) is 0 Å². The molecule has 1 N–H and O–H groups in total. The molecule has 1 saturated carbocycles. The molecule has 0 bridgehead atoms. The monoisotopic (exact) mass is 571 g/mol. The Balaban J connectivity index is 1.45. The topological polar surface area (TPSA) is 117 Å². The van der Waals surface area contributed by atoms with Crippen LogP contribution in [-0.2, 0) is 16.1 Å². The predicted octanol–water partition coefficient (Wildman–Crippen LogP) is 4.40. The van der Waals surface area contributed by atoms with Crippen LogP contribution in [0.1, 0.15) is 43.7 Å². The third-order valence-corrected chi connectivity index (χ3v) is 7.79. The summed E-state index contributed by atoms with van der Waals surface area (Å²) in [5.41, 5.74) is 2.43. The zero-order valence-corrected chi connectivity index (χ0v) is 23.6. The van der Waals surface area contributed by atoms with E-state index in [9.17, 15) is 9.59 Å². The second kappa shape index (κ2) is 12.0. The number of carbonyl (C=O) groups excluding carboxylic acids is 2. The third kappa shape index (κ3) is 5.41. The number of fused-ring (bicyclic) bond motifs is 2. The van der Waals surface area contributed by atoms with Crippen molar-refractivity contribution in [2.24, 2.45) is 0 Å². The van der Waals surface area contributed by atoms with E-state index in [-0.39, 0.29) is 31.2 Å². The van der Waals surface area contributed by atoms with E-state index in [1.54, 1.807) is 48.2 Å². The number of methoxy groups -OCH3 is 2. The minimum atomic E-state index is -1.03. The van der Waals surface area contributed by atoms with Gasteiger partial charge in [0.05, 0.1) is 19.7 Å². The molecule has 11 heteroatoms. The summed E-state index contributed by atoms with van der Waals surface area (Å²) in [6.07, 6.45) is 5.05. The Labute approximate surface area is 243 Å². The number of amides is 2. The molecular formula is C31H33N5O6. The number of nitrogens with zero attached hydrogens (tertiary/aromatic N) is 4. The molecule has 6 rings (SSSR count). The van der Waals surface area contributed by atoms with E-state index in [0.29, 0.717) is 45.3 Å². The highest BCUT2D eigenvalue weighted by molar-refractivity contribution is 6.02. The van der Waals surface area contributed by atoms with E-state index in [2.05, 4.69) is 15.6 Å². The lowest BCUT2D eigenvalue weighted by molar-refractivity contribution is -0.127. The van der Waals surface area contributed by atoms with Crippen molar-refractivity contribution in [2.75, 3.05) is 25.9 Å². The molecule has 218 valence electrons. The zero-order valence-electron chi connectivity index (χ0n) is 23.6. The van der Waals surface area contributed by atoms with Crippen molar-refractivity contribution in [2.45, 2.75) is 50.7 Å². The predicted molar refractivity (Wildman–Crippen MR) is 155 cm³/mol. The van der Waals surface area contributed by atoms with Gasteiger partial charge in [0.25, 0.3) is 0 Å². The Bertz CT molecular complexity index is 1600. The number of rotatable bonds is 9. The first-order valence-electron chi connectivity index (χ1n) is 14.1. The van der Waals surface area contributed by atoms with E-state index in [4.69, 9.17) is 18.9 Å². The number of hydrogen-bond donors (Lipinski definition) is 1. The lowest BCUT2D eigenvalue weighted by atomic mass is 9.94. The standard InChI is InChI=1S/C31H33N5O6/c1-39-25-14-12-20(16-27(25)40-2)30(31(38)32-21-8-4-3-5-9-21)36(22-13-15-26-28(17-22)42-19-41-26)29(37)18-35-24-11-7-6-10-23(24)33-34-35/h6-7,10-17,21,30H,3-5,8-9,18-19H2,1-2H3,(H,32,38). The minimum Gasteiger partial charge on any atom is -0.493 e. The average molecular weight is 572 g/mol. The van der Waals surface area contributed by atoms with Crippen molar-refractivity contribution in [3.8, 4) is 23.0 Å². The number of aromatic nitrogens is 3. The molecule has 1 aliphatic carbocycles. The molecule has 1 aliphatic heterocycles. The smallest absolute Gasteiger partial charge is 0.249 e. The van der Waals surface area contributed by atoms with Gasteiger partial charge in [-0.15, -0.1) is 5.10 Å². The van der Waals surface area contributed by atoms with E-state index in [1.807, 2.05) is 24.3 Å². The molecule has 2 aliphatic rings. The largest absolute Gasteiger partial charge is 0.493 e. The van der Waals surface area contributed by atoms with Gasteiger partial charge in [-0.1, -0.05) is 42.7 Å². The van der Waals surface area contributed by atoms with Crippen molar-refractivity contribution in [3.05, 3.63) is 66.2 Å². The number of ether oxygens (including phenoxy) is 4.